The number of anilines is 1. The molecule has 0 aliphatic rings. The van der Waals surface area contributed by atoms with E-state index in [9.17, 15) is 5.26 Å². The second kappa shape index (κ2) is 5.96. The Kier molecular flexibility index (Phi) is 3.64. The molecule has 6 heteroatoms. The first kappa shape index (κ1) is 15.2. The predicted octanol–water partition coefficient (Wildman–Crippen LogP) is 4.18. The molecular formula is C19H13N5S. The predicted molar refractivity (Wildman–Crippen MR) is 99.9 cm³/mol. The zero-order valence-electron chi connectivity index (χ0n) is 13.4. The minimum absolute atomic E-state index is 0.137. The Morgan fingerprint density at radius 2 is 2.00 bits per heavy atom. The second-order valence-corrected chi connectivity index (χ2v) is 6.58. The van der Waals surface area contributed by atoms with Crippen molar-refractivity contribution in [3.63, 3.8) is 0 Å². The second-order valence-electron chi connectivity index (χ2n) is 5.67. The van der Waals surface area contributed by atoms with E-state index in [4.69, 9.17) is 5.73 Å². The summed E-state index contributed by atoms with van der Waals surface area (Å²) >= 11 is 1.58. The number of pyridine rings is 1. The highest BCUT2D eigenvalue weighted by molar-refractivity contribution is 7.13. The molecule has 25 heavy (non-hydrogen) atoms. The molecule has 3 heterocycles. The smallest absolute Gasteiger partial charge is 0.183 e. The van der Waals surface area contributed by atoms with Crippen molar-refractivity contribution in [3.05, 3.63) is 59.2 Å². The summed E-state index contributed by atoms with van der Waals surface area (Å²) in [5.41, 5.74) is 10.3. The molecule has 0 aliphatic heterocycles. The quantitative estimate of drug-likeness (QED) is 0.590. The van der Waals surface area contributed by atoms with Crippen LogP contribution in [0.3, 0.4) is 0 Å². The third kappa shape index (κ3) is 2.71. The number of aromatic nitrogens is 3. The number of nitrogens with zero attached hydrogens (tertiary/aromatic N) is 4. The Labute approximate surface area is 148 Å². The molecule has 0 aliphatic carbocycles. The molecule has 0 fully saturated rings. The van der Waals surface area contributed by atoms with Gasteiger partial charge in [0.15, 0.2) is 11.5 Å². The molecule has 2 N–H and O–H groups in total. The molecule has 4 aromatic rings. The van der Waals surface area contributed by atoms with Crippen LogP contribution in [-0.2, 0) is 0 Å². The Morgan fingerprint density at radius 3 is 2.76 bits per heavy atom. The molecule has 0 saturated heterocycles. The van der Waals surface area contributed by atoms with Crippen molar-refractivity contribution in [2.45, 2.75) is 6.92 Å². The molecule has 0 bridgehead atoms. The lowest BCUT2D eigenvalue weighted by atomic mass is 10.0. The molecule has 0 amide bonds. The van der Waals surface area contributed by atoms with Gasteiger partial charge in [-0.3, -0.25) is 4.98 Å². The fourth-order valence-electron chi connectivity index (χ4n) is 2.68. The summed E-state index contributed by atoms with van der Waals surface area (Å²) in [6, 6.07) is 13.9. The number of rotatable bonds is 2. The zero-order valence-corrected chi connectivity index (χ0v) is 14.2. The van der Waals surface area contributed by atoms with Crippen LogP contribution in [0.4, 0.5) is 5.82 Å². The van der Waals surface area contributed by atoms with E-state index < -0.39 is 0 Å². The van der Waals surface area contributed by atoms with Crippen LogP contribution in [0.5, 0.6) is 0 Å². The zero-order chi connectivity index (χ0) is 17.4. The summed E-state index contributed by atoms with van der Waals surface area (Å²) in [7, 11) is 0. The molecule has 0 saturated carbocycles. The van der Waals surface area contributed by atoms with E-state index in [0.29, 0.717) is 11.4 Å². The topological polar surface area (TPSA) is 88.5 Å². The standard InChI is InChI=1S/C19H13N5S/c1-11-7-16(25-10-11)18-17(23-15(9-20)19(21)24-18)13-4-5-14-12(8-13)3-2-6-22-14/h2-8,10H,1H3,(H2,21,24). The van der Waals surface area contributed by atoms with E-state index in [1.807, 2.05) is 49.4 Å². The molecule has 1 aromatic carbocycles. The van der Waals surface area contributed by atoms with E-state index in [2.05, 4.69) is 20.3 Å². The number of hydrogen-bond acceptors (Lipinski definition) is 6. The highest BCUT2D eigenvalue weighted by atomic mass is 32.1. The molecule has 120 valence electrons. The maximum Gasteiger partial charge on any atom is 0.183 e. The van der Waals surface area contributed by atoms with Crippen LogP contribution < -0.4 is 5.73 Å². The van der Waals surface area contributed by atoms with Crippen LogP contribution in [0.15, 0.2) is 48.0 Å². The van der Waals surface area contributed by atoms with E-state index in [-0.39, 0.29) is 11.5 Å². The molecule has 0 unspecified atom stereocenters. The van der Waals surface area contributed by atoms with Crippen molar-refractivity contribution in [1.29, 1.82) is 5.26 Å². The summed E-state index contributed by atoms with van der Waals surface area (Å²) in [5.74, 6) is 0.148. The number of fused-ring (bicyclic) bond motifs is 1. The van der Waals surface area contributed by atoms with E-state index in [1.165, 1.54) is 0 Å². The SMILES string of the molecule is Cc1csc(-c2nc(N)c(C#N)nc2-c2ccc3ncccc3c2)c1. The van der Waals surface area contributed by atoms with Crippen molar-refractivity contribution in [3.8, 4) is 27.9 Å². The molecule has 0 radical (unpaired) electrons. The Balaban J connectivity index is 1.99. The lowest BCUT2D eigenvalue weighted by Crippen LogP contribution is -2.02. The van der Waals surface area contributed by atoms with Gasteiger partial charge >= 0.3 is 0 Å². The molecule has 0 atom stereocenters. The van der Waals surface area contributed by atoms with Crippen LogP contribution in [0, 0.1) is 18.3 Å². The normalized spacial score (nSPS) is 10.7. The van der Waals surface area contributed by atoms with Crippen LogP contribution in [-0.4, -0.2) is 15.0 Å². The van der Waals surface area contributed by atoms with Gasteiger partial charge in [0.25, 0.3) is 0 Å². The third-order valence-corrected chi connectivity index (χ3v) is 4.92. The van der Waals surface area contributed by atoms with Crippen LogP contribution >= 0.6 is 11.3 Å². The minimum Gasteiger partial charge on any atom is -0.381 e. The van der Waals surface area contributed by atoms with Gasteiger partial charge in [0.1, 0.15) is 11.8 Å². The molecule has 0 spiro atoms. The van der Waals surface area contributed by atoms with Gasteiger partial charge in [-0.15, -0.1) is 11.3 Å². The van der Waals surface area contributed by atoms with Gasteiger partial charge in [0.2, 0.25) is 0 Å². The van der Waals surface area contributed by atoms with Crippen molar-refractivity contribution in [1.82, 2.24) is 15.0 Å². The number of nitrogens with two attached hydrogens (primary N) is 1. The van der Waals surface area contributed by atoms with E-state index in [1.54, 1.807) is 17.5 Å². The van der Waals surface area contributed by atoms with Crippen molar-refractivity contribution in [2.75, 3.05) is 5.73 Å². The van der Waals surface area contributed by atoms with E-state index >= 15 is 0 Å². The average Bonchev–Trinajstić information content (AvgIpc) is 3.07. The Hall–Kier alpha value is -3.30. The van der Waals surface area contributed by atoms with Crippen LogP contribution in [0.25, 0.3) is 32.7 Å². The number of nitriles is 1. The summed E-state index contributed by atoms with van der Waals surface area (Å²) in [5, 5.41) is 12.3. The Morgan fingerprint density at radius 1 is 1.12 bits per heavy atom. The highest BCUT2D eigenvalue weighted by Gasteiger charge is 2.17. The van der Waals surface area contributed by atoms with Crippen LogP contribution in [0.2, 0.25) is 0 Å². The first-order chi connectivity index (χ1) is 12.2. The number of aryl methyl sites for hydroxylation is 1. The van der Waals surface area contributed by atoms with Gasteiger partial charge < -0.3 is 5.73 Å². The van der Waals surface area contributed by atoms with Gasteiger partial charge in [0, 0.05) is 17.1 Å². The summed E-state index contributed by atoms with van der Waals surface area (Å²) in [6.45, 7) is 2.03. The molecule has 4 rings (SSSR count). The maximum absolute atomic E-state index is 9.29. The van der Waals surface area contributed by atoms with Crippen molar-refractivity contribution >= 4 is 28.1 Å². The van der Waals surface area contributed by atoms with Gasteiger partial charge in [-0.2, -0.15) is 5.26 Å². The van der Waals surface area contributed by atoms with Gasteiger partial charge in [0.05, 0.1) is 16.1 Å². The minimum atomic E-state index is 0.137. The summed E-state index contributed by atoms with van der Waals surface area (Å²) in [4.78, 5) is 14.3. The summed E-state index contributed by atoms with van der Waals surface area (Å²) in [6.07, 6.45) is 1.76. The monoisotopic (exact) mass is 343 g/mol. The maximum atomic E-state index is 9.29. The first-order valence-electron chi connectivity index (χ1n) is 7.64. The number of hydrogen-bond donors (Lipinski definition) is 1. The van der Waals surface area contributed by atoms with E-state index in [0.717, 1.165) is 26.9 Å². The number of thiophene rings is 1. The lowest BCUT2D eigenvalue weighted by Gasteiger charge is -2.09. The van der Waals surface area contributed by atoms with Crippen molar-refractivity contribution < 1.29 is 0 Å². The number of nitrogen functional groups attached to an aromatic ring is 1. The molecular weight excluding hydrogens is 330 g/mol. The molecule has 5 nitrogen and oxygen atoms in total. The largest absolute Gasteiger partial charge is 0.381 e. The first-order valence-corrected chi connectivity index (χ1v) is 8.52. The summed E-state index contributed by atoms with van der Waals surface area (Å²) < 4.78 is 0. The average molecular weight is 343 g/mol. The van der Waals surface area contributed by atoms with Gasteiger partial charge in [-0.05, 0) is 42.1 Å². The molecule has 3 aromatic heterocycles. The van der Waals surface area contributed by atoms with Gasteiger partial charge in [-0.1, -0.05) is 12.1 Å². The third-order valence-electron chi connectivity index (χ3n) is 3.87. The lowest BCUT2D eigenvalue weighted by molar-refractivity contribution is 1.19. The fraction of sp³-hybridized carbons (Fsp3) is 0.0526. The Bertz CT molecular complexity index is 1140. The van der Waals surface area contributed by atoms with Gasteiger partial charge in [-0.25, -0.2) is 9.97 Å². The van der Waals surface area contributed by atoms with Crippen molar-refractivity contribution in [2.24, 2.45) is 0 Å². The van der Waals surface area contributed by atoms with Crippen LogP contribution in [0.1, 0.15) is 11.3 Å². The number of benzene rings is 1. The fourth-order valence-corrected chi connectivity index (χ4v) is 3.57. The highest BCUT2D eigenvalue weighted by Crippen LogP contribution is 2.35.